The molecule has 96 valence electrons. The molecule has 0 saturated carbocycles. The minimum absolute atomic E-state index is 0.228. The summed E-state index contributed by atoms with van der Waals surface area (Å²) in [5.41, 5.74) is 12.9. The van der Waals surface area contributed by atoms with Crippen LogP contribution in [-0.2, 0) is 6.54 Å². The molecule has 0 aliphatic carbocycles. The van der Waals surface area contributed by atoms with Crippen molar-refractivity contribution in [3.8, 4) is 0 Å². The highest BCUT2D eigenvalue weighted by Crippen LogP contribution is 2.22. The summed E-state index contributed by atoms with van der Waals surface area (Å²) in [6.07, 6.45) is 0. The van der Waals surface area contributed by atoms with Gasteiger partial charge in [-0.05, 0) is 69.5 Å². The van der Waals surface area contributed by atoms with E-state index in [2.05, 4.69) is 52.6 Å². The molecule has 0 spiro atoms. The van der Waals surface area contributed by atoms with E-state index < -0.39 is 0 Å². The number of aryl methyl sites for hydroxylation is 2. The molecule has 2 nitrogen and oxygen atoms in total. The van der Waals surface area contributed by atoms with Crippen LogP contribution in [0, 0.1) is 27.7 Å². The maximum atomic E-state index is 5.84. The fourth-order valence-corrected chi connectivity index (χ4v) is 2.36. The van der Waals surface area contributed by atoms with Crippen LogP contribution in [0.2, 0.25) is 0 Å². The van der Waals surface area contributed by atoms with Crippen LogP contribution in [-0.4, -0.2) is 24.5 Å². The Morgan fingerprint density at radius 2 is 1.59 bits per heavy atom. The van der Waals surface area contributed by atoms with Crippen LogP contribution >= 0.6 is 0 Å². The SMILES string of the molecule is Cc1cc(C)c(C)c(CN(C)CC(C)N)c1C. The van der Waals surface area contributed by atoms with Gasteiger partial charge in [0.05, 0.1) is 0 Å². The predicted octanol–water partition coefficient (Wildman–Crippen LogP) is 2.70. The molecule has 1 unspecified atom stereocenters. The van der Waals surface area contributed by atoms with Gasteiger partial charge in [0.2, 0.25) is 0 Å². The number of nitrogens with zero attached hydrogens (tertiary/aromatic N) is 1. The zero-order chi connectivity index (χ0) is 13.2. The topological polar surface area (TPSA) is 29.3 Å². The van der Waals surface area contributed by atoms with E-state index in [0.717, 1.165) is 13.1 Å². The Bertz CT molecular complexity index is 368. The van der Waals surface area contributed by atoms with E-state index in [1.165, 1.54) is 27.8 Å². The van der Waals surface area contributed by atoms with Gasteiger partial charge < -0.3 is 10.6 Å². The summed E-state index contributed by atoms with van der Waals surface area (Å²) in [4.78, 5) is 2.30. The molecule has 0 aromatic heterocycles. The van der Waals surface area contributed by atoms with Crippen molar-refractivity contribution in [1.29, 1.82) is 0 Å². The Hall–Kier alpha value is -0.860. The average molecular weight is 234 g/mol. The zero-order valence-corrected chi connectivity index (χ0v) is 12.1. The fourth-order valence-electron chi connectivity index (χ4n) is 2.36. The van der Waals surface area contributed by atoms with Gasteiger partial charge >= 0.3 is 0 Å². The van der Waals surface area contributed by atoms with Gasteiger partial charge in [-0.15, -0.1) is 0 Å². The number of nitrogens with two attached hydrogens (primary N) is 1. The van der Waals surface area contributed by atoms with Crippen LogP contribution in [0.5, 0.6) is 0 Å². The van der Waals surface area contributed by atoms with Gasteiger partial charge in [0, 0.05) is 19.1 Å². The Kier molecular flexibility index (Phi) is 4.72. The van der Waals surface area contributed by atoms with Crippen LogP contribution in [0.1, 0.15) is 34.7 Å². The van der Waals surface area contributed by atoms with E-state index in [9.17, 15) is 0 Å². The third-order valence-electron chi connectivity index (χ3n) is 3.55. The first kappa shape index (κ1) is 14.2. The molecule has 0 saturated heterocycles. The van der Waals surface area contributed by atoms with Crippen LogP contribution < -0.4 is 5.73 Å². The third kappa shape index (κ3) is 3.55. The Morgan fingerprint density at radius 1 is 1.12 bits per heavy atom. The molecule has 1 aromatic rings. The van der Waals surface area contributed by atoms with Crippen molar-refractivity contribution in [2.45, 2.75) is 47.2 Å². The standard InChI is InChI=1S/C15H26N2/c1-10-7-11(2)14(5)15(13(10)4)9-17(6)8-12(3)16/h7,12H,8-9,16H2,1-6H3. The summed E-state index contributed by atoms with van der Waals surface area (Å²) in [6, 6.07) is 2.51. The zero-order valence-electron chi connectivity index (χ0n) is 12.1. The summed E-state index contributed by atoms with van der Waals surface area (Å²) in [6.45, 7) is 12.8. The molecular weight excluding hydrogens is 208 g/mol. The van der Waals surface area contributed by atoms with Crippen molar-refractivity contribution in [1.82, 2.24) is 4.90 Å². The predicted molar refractivity (Wildman–Crippen MR) is 75.4 cm³/mol. The molecule has 0 heterocycles. The van der Waals surface area contributed by atoms with E-state index >= 15 is 0 Å². The second kappa shape index (κ2) is 5.65. The van der Waals surface area contributed by atoms with Crippen molar-refractivity contribution >= 4 is 0 Å². The van der Waals surface area contributed by atoms with Crippen molar-refractivity contribution in [2.24, 2.45) is 5.73 Å². The minimum atomic E-state index is 0.228. The summed E-state index contributed by atoms with van der Waals surface area (Å²) in [5.74, 6) is 0. The molecule has 0 aliphatic heterocycles. The van der Waals surface area contributed by atoms with Gasteiger partial charge in [0.15, 0.2) is 0 Å². The number of benzene rings is 1. The second-order valence-corrected chi connectivity index (χ2v) is 5.41. The number of hydrogen-bond acceptors (Lipinski definition) is 2. The quantitative estimate of drug-likeness (QED) is 0.868. The number of hydrogen-bond donors (Lipinski definition) is 1. The van der Waals surface area contributed by atoms with E-state index in [-0.39, 0.29) is 6.04 Å². The maximum absolute atomic E-state index is 5.84. The average Bonchev–Trinajstić information content (AvgIpc) is 2.20. The van der Waals surface area contributed by atoms with Crippen LogP contribution in [0.4, 0.5) is 0 Å². The summed E-state index contributed by atoms with van der Waals surface area (Å²) in [5, 5.41) is 0. The Balaban J connectivity index is 2.97. The van der Waals surface area contributed by atoms with Crippen molar-refractivity contribution < 1.29 is 0 Å². The van der Waals surface area contributed by atoms with Gasteiger partial charge in [0.25, 0.3) is 0 Å². The molecule has 0 fully saturated rings. The highest BCUT2D eigenvalue weighted by Gasteiger charge is 2.11. The molecule has 1 atom stereocenters. The minimum Gasteiger partial charge on any atom is -0.327 e. The molecule has 17 heavy (non-hydrogen) atoms. The van der Waals surface area contributed by atoms with Gasteiger partial charge in [0.1, 0.15) is 0 Å². The lowest BCUT2D eigenvalue weighted by atomic mass is 9.94. The second-order valence-electron chi connectivity index (χ2n) is 5.41. The van der Waals surface area contributed by atoms with E-state index in [1.54, 1.807) is 0 Å². The van der Waals surface area contributed by atoms with E-state index in [1.807, 2.05) is 0 Å². The highest BCUT2D eigenvalue weighted by atomic mass is 15.1. The smallest absolute Gasteiger partial charge is 0.0236 e. The first-order valence-electron chi connectivity index (χ1n) is 6.33. The lowest BCUT2D eigenvalue weighted by Crippen LogP contribution is -2.32. The first-order chi connectivity index (χ1) is 7.82. The highest BCUT2D eigenvalue weighted by molar-refractivity contribution is 5.43. The molecule has 0 aliphatic rings. The van der Waals surface area contributed by atoms with Gasteiger partial charge in [-0.2, -0.15) is 0 Å². The Morgan fingerprint density at radius 3 is 2.00 bits per heavy atom. The number of rotatable bonds is 4. The molecule has 1 aromatic carbocycles. The van der Waals surface area contributed by atoms with Crippen molar-refractivity contribution in [3.63, 3.8) is 0 Å². The van der Waals surface area contributed by atoms with Gasteiger partial charge in [-0.1, -0.05) is 6.07 Å². The summed E-state index contributed by atoms with van der Waals surface area (Å²) < 4.78 is 0. The fraction of sp³-hybridized carbons (Fsp3) is 0.600. The molecular formula is C15H26N2. The lowest BCUT2D eigenvalue weighted by Gasteiger charge is -2.23. The lowest BCUT2D eigenvalue weighted by molar-refractivity contribution is 0.308. The van der Waals surface area contributed by atoms with Gasteiger partial charge in [-0.3, -0.25) is 0 Å². The van der Waals surface area contributed by atoms with E-state index in [0.29, 0.717) is 0 Å². The summed E-state index contributed by atoms with van der Waals surface area (Å²) in [7, 11) is 2.14. The van der Waals surface area contributed by atoms with E-state index in [4.69, 9.17) is 5.73 Å². The molecule has 2 heteroatoms. The van der Waals surface area contributed by atoms with Gasteiger partial charge in [-0.25, -0.2) is 0 Å². The van der Waals surface area contributed by atoms with Crippen molar-refractivity contribution in [2.75, 3.05) is 13.6 Å². The van der Waals surface area contributed by atoms with Crippen LogP contribution in [0.3, 0.4) is 0 Å². The molecule has 0 radical (unpaired) electrons. The monoisotopic (exact) mass is 234 g/mol. The Labute approximate surface area is 106 Å². The molecule has 0 amide bonds. The van der Waals surface area contributed by atoms with Crippen molar-refractivity contribution in [3.05, 3.63) is 33.9 Å². The molecule has 1 rings (SSSR count). The largest absolute Gasteiger partial charge is 0.327 e. The molecule has 0 bridgehead atoms. The number of likely N-dealkylation sites (N-methyl/N-ethyl adjacent to an activating group) is 1. The van der Waals surface area contributed by atoms with Crippen LogP contribution in [0.25, 0.3) is 0 Å². The molecule has 2 N–H and O–H groups in total. The summed E-state index contributed by atoms with van der Waals surface area (Å²) >= 11 is 0. The third-order valence-corrected chi connectivity index (χ3v) is 3.55. The first-order valence-corrected chi connectivity index (χ1v) is 6.33. The maximum Gasteiger partial charge on any atom is 0.0236 e. The normalized spacial score (nSPS) is 13.2. The van der Waals surface area contributed by atoms with Crippen LogP contribution in [0.15, 0.2) is 6.07 Å².